The summed E-state index contributed by atoms with van der Waals surface area (Å²) < 4.78 is 27.1. The minimum absolute atomic E-state index is 0.219. The lowest BCUT2D eigenvalue weighted by atomic mass is 10.3. The lowest BCUT2D eigenvalue weighted by molar-refractivity contribution is 0.0691. The van der Waals surface area contributed by atoms with Gasteiger partial charge in [0.2, 0.25) is 0 Å². The van der Waals surface area contributed by atoms with Crippen molar-refractivity contribution in [2.75, 3.05) is 26.2 Å². The smallest absolute Gasteiger partial charge is 0.274 e. The lowest BCUT2D eigenvalue weighted by Gasteiger charge is -2.33. The second-order valence-corrected chi connectivity index (χ2v) is 9.18. The highest BCUT2D eigenvalue weighted by Gasteiger charge is 2.31. The molecule has 0 bridgehead atoms. The molecule has 2 aromatic rings. The summed E-state index contributed by atoms with van der Waals surface area (Å²) in [5.74, 6) is -0.237. The Morgan fingerprint density at radius 2 is 1.88 bits per heavy atom. The summed E-state index contributed by atoms with van der Waals surface area (Å²) in [6, 6.07) is 3.07. The predicted molar refractivity (Wildman–Crippen MR) is 90.8 cm³/mol. The maximum Gasteiger partial charge on any atom is 0.274 e. The number of piperazine rings is 1. The van der Waals surface area contributed by atoms with E-state index in [1.807, 2.05) is 0 Å². The summed E-state index contributed by atoms with van der Waals surface area (Å²) in [5.41, 5.74) is 0.999. The first-order valence-corrected chi connectivity index (χ1v) is 9.85. The Kier molecular flexibility index (Phi) is 4.86. The molecular formula is C14H15ClN4O3S2. The first kappa shape index (κ1) is 17.3. The Balaban J connectivity index is 1.67. The van der Waals surface area contributed by atoms with Crippen LogP contribution >= 0.6 is 22.9 Å². The highest BCUT2D eigenvalue weighted by atomic mass is 35.5. The zero-order valence-electron chi connectivity index (χ0n) is 12.8. The maximum absolute atomic E-state index is 12.5. The summed E-state index contributed by atoms with van der Waals surface area (Å²) in [5, 5.41) is 0. The fourth-order valence-electron chi connectivity index (χ4n) is 2.36. The van der Waals surface area contributed by atoms with E-state index < -0.39 is 10.0 Å². The highest BCUT2D eigenvalue weighted by Crippen LogP contribution is 2.28. The van der Waals surface area contributed by atoms with Gasteiger partial charge in [-0.15, -0.1) is 11.3 Å². The number of halogens is 1. The molecule has 0 radical (unpaired) electrons. The van der Waals surface area contributed by atoms with Crippen LogP contribution in [0.5, 0.6) is 0 Å². The summed E-state index contributed by atoms with van der Waals surface area (Å²) >= 11 is 6.85. The van der Waals surface area contributed by atoms with Gasteiger partial charge < -0.3 is 4.90 Å². The zero-order valence-corrected chi connectivity index (χ0v) is 15.2. The molecule has 24 heavy (non-hydrogen) atoms. The van der Waals surface area contributed by atoms with Gasteiger partial charge in [0.15, 0.2) is 0 Å². The van der Waals surface area contributed by atoms with Gasteiger partial charge in [-0.1, -0.05) is 11.6 Å². The van der Waals surface area contributed by atoms with E-state index >= 15 is 0 Å². The molecule has 128 valence electrons. The van der Waals surface area contributed by atoms with Gasteiger partial charge in [0.05, 0.1) is 16.2 Å². The van der Waals surface area contributed by atoms with Gasteiger partial charge in [0.25, 0.3) is 15.9 Å². The molecule has 1 saturated heterocycles. The van der Waals surface area contributed by atoms with Gasteiger partial charge in [-0.3, -0.25) is 9.78 Å². The molecule has 1 aliphatic rings. The molecule has 0 aromatic carbocycles. The Hall–Kier alpha value is -1.55. The summed E-state index contributed by atoms with van der Waals surface area (Å²) in [7, 11) is -3.56. The number of carbonyl (C=O) groups is 1. The third-order valence-corrected chi connectivity index (χ3v) is 7.27. The number of thiophene rings is 1. The largest absolute Gasteiger partial charge is 0.335 e. The van der Waals surface area contributed by atoms with Crippen LogP contribution in [0.25, 0.3) is 0 Å². The molecule has 0 saturated carbocycles. The number of carbonyl (C=O) groups excluding carboxylic acids is 1. The molecule has 0 aliphatic carbocycles. The van der Waals surface area contributed by atoms with E-state index in [0.29, 0.717) is 17.4 Å². The van der Waals surface area contributed by atoms with Crippen LogP contribution in [0.15, 0.2) is 28.7 Å². The standard InChI is InChI=1S/C14H15ClN4O3S2/c1-10-8-17-11(9-16-10)14(20)18-4-6-19(7-5-18)24(21,22)13-3-2-12(15)23-13/h2-3,8-9H,4-7H2,1H3. The normalized spacial score (nSPS) is 16.3. The van der Waals surface area contributed by atoms with Crippen molar-refractivity contribution in [3.8, 4) is 0 Å². The quantitative estimate of drug-likeness (QED) is 0.800. The number of sulfonamides is 1. The number of rotatable bonds is 3. The van der Waals surface area contributed by atoms with E-state index in [9.17, 15) is 13.2 Å². The van der Waals surface area contributed by atoms with Crippen molar-refractivity contribution in [1.29, 1.82) is 0 Å². The fraction of sp³-hybridized carbons (Fsp3) is 0.357. The Morgan fingerprint density at radius 3 is 2.42 bits per heavy atom. The van der Waals surface area contributed by atoms with Crippen LogP contribution < -0.4 is 0 Å². The van der Waals surface area contributed by atoms with E-state index in [4.69, 9.17) is 11.6 Å². The molecule has 7 nitrogen and oxygen atoms in total. The molecule has 0 atom stereocenters. The van der Waals surface area contributed by atoms with E-state index in [1.54, 1.807) is 17.9 Å². The highest BCUT2D eigenvalue weighted by molar-refractivity contribution is 7.91. The molecule has 3 heterocycles. The van der Waals surface area contributed by atoms with Gasteiger partial charge in [-0.25, -0.2) is 13.4 Å². The number of aryl methyl sites for hydroxylation is 1. The second kappa shape index (κ2) is 6.75. The first-order valence-electron chi connectivity index (χ1n) is 7.21. The van der Waals surface area contributed by atoms with Crippen molar-refractivity contribution >= 4 is 38.9 Å². The van der Waals surface area contributed by atoms with Crippen LogP contribution in [0.4, 0.5) is 0 Å². The van der Waals surface area contributed by atoms with Crippen molar-refractivity contribution in [2.45, 2.75) is 11.1 Å². The van der Waals surface area contributed by atoms with Gasteiger partial charge in [-0.2, -0.15) is 4.31 Å². The number of hydrogen-bond donors (Lipinski definition) is 0. The maximum atomic E-state index is 12.5. The monoisotopic (exact) mass is 386 g/mol. The van der Waals surface area contributed by atoms with Gasteiger partial charge in [-0.05, 0) is 19.1 Å². The lowest BCUT2D eigenvalue weighted by Crippen LogP contribution is -2.50. The average Bonchev–Trinajstić information content (AvgIpc) is 3.02. The Labute approximate surface area is 148 Å². The van der Waals surface area contributed by atoms with Crippen molar-refractivity contribution in [2.24, 2.45) is 0 Å². The molecular weight excluding hydrogens is 372 g/mol. The number of aromatic nitrogens is 2. The minimum Gasteiger partial charge on any atom is -0.335 e. The van der Waals surface area contributed by atoms with E-state index in [-0.39, 0.29) is 28.9 Å². The third-order valence-electron chi connectivity index (χ3n) is 3.67. The zero-order chi connectivity index (χ0) is 17.3. The van der Waals surface area contributed by atoms with Crippen LogP contribution in [-0.2, 0) is 10.0 Å². The Bertz CT molecular complexity index is 843. The molecule has 10 heteroatoms. The van der Waals surface area contributed by atoms with E-state index in [0.717, 1.165) is 17.0 Å². The van der Waals surface area contributed by atoms with E-state index in [2.05, 4.69) is 9.97 Å². The van der Waals surface area contributed by atoms with E-state index in [1.165, 1.54) is 22.8 Å². The average molecular weight is 387 g/mol. The van der Waals surface area contributed by atoms with Crippen molar-refractivity contribution in [1.82, 2.24) is 19.2 Å². The minimum atomic E-state index is -3.56. The van der Waals surface area contributed by atoms with Crippen molar-refractivity contribution < 1.29 is 13.2 Å². The summed E-state index contributed by atoms with van der Waals surface area (Å²) in [6.07, 6.45) is 2.98. The molecule has 1 amide bonds. The molecule has 3 rings (SSSR count). The molecule has 1 aliphatic heterocycles. The van der Waals surface area contributed by atoms with Gasteiger partial charge in [0.1, 0.15) is 9.90 Å². The fourth-order valence-corrected chi connectivity index (χ4v) is 5.42. The molecule has 2 aromatic heterocycles. The molecule has 0 unspecified atom stereocenters. The second-order valence-electron chi connectivity index (χ2n) is 5.30. The molecule has 0 N–H and O–H groups in total. The summed E-state index contributed by atoms with van der Waals surface area (Å²) in [6.45, 7) is 2.90. The number of nitrogens with zero attached hydrogens (tertiary/aromatic N) is 4. The Morgan fingerprint density at radius 1 is 1.17 bits per heavy atom. The number of hydrogen-bond acceptors (Lipinski definition) is 6. The van der Waals surface area contributed by atoms with Crippen molar-refractivity contribution in [3.63, 3.8) is 0 Å². The molecule has 0 spiro atoms. The van der Waals surface area contributed by atoms with Gasteiger partial charge in [0, 0.05) is 32.4 Å². The van der Waals surface area contributed by atoms with Crippen LogP contribution in [0, 0.1) is 6.92 Å². The SMILES string of the molecule is Cc1cnc(C(=O)N2CCN(S(=O)(=O)c3ccc(Cl)s3)CC2)cn1. The van der Waals surface area contributed by atoms with Gasteiger partial charge >= 0.3 is 0 Å². The first-order chi connectivity index (χ1) is 11.4. The van der Waals surface area contributed by atoms with Crippen LogP contribution in [0.2, 0.25) is 4.34 Å². The summed E-state index contributed by atoms with van der Waals surface area (Å²) in [4.78, 5) is 22.1. The third kappa shape index (κ3) is 3.44. The number of amides is 1. The molecule has 1 fully saturated rings. The topological polar surface area (TPSA) is 83.5 Å². The van der Waals surface area contributed by atoms with Crippen LogP contribution in [0.3, 0.4) is 0 Å². The predicted octanol–water partition coefficient (Wildman–Crippen LogP) is 1.65. The van der Waals surface area contributed by atoms with Crippen molar-refractivity contribution in [3.05, 3.63) is 40.3 Å². The van der Waals surface area contributed by atoms with Crippen LogP contribution in [-0.4, -0.2) is 59.7 Å². The van der Waals surface area contributed by atoms with Crippen LogP contribution in [0.1, 0.15) is 16.2 Å².